The smallest absolute Gasteiger partial charge is 0.254 e. The maximum Gasteiger partial charge on any atom is 0.254 e. The van der Waals surface area contributed by atoms with E-state index in [1.807, 2.05) is 13.0 Å². The summed E-state index contributed by atoms with van der Waals surface area (Å²) in [7, 11) is 0. The second-order valence-corrected chi connectivity index (χ2v) is 4.42. The van der Waals surface area contributed by atoms with Crippen molar-refractivity contribution in [2.75, 3.05) is 0 Å². The van der Waals surface area contributed by atoms with Gasteiger partial charge in [-0.1, -0.05) is 18.2 Å². The quantitative estimate of drug-likeness (QED) is 0.919. The minimum atomic E-state index is -0.474. The Kier molecular flexibility index (Phi) is 3.90. The second-order valence-electron chi connectivity index (χ2n) is 4.42. The molecule has 4 heteroatoms. The summed E-state index contributed by atoms with van der Waals surface area (Å²) >= 11 is 0. The fourth-order valence-electron chi connectivity index (χ4n) is 1.81. The molecule has 1 aromatic heterocycles. The molecule has 0 spiro atoms. The molecule has 1 heterocycles. The van der Waals surface area contributed by atoms with Gasteiger partial charge in [0.15, 0.2) is 0 Å². The second kappa shape index (κ2) is 5.61. The van der Waals surface area contributed by atoms with Crippen molar-refractivity contribution >= 4 is 5.91 Å². The van der Waals surface area contributed by atoms with Crippen molar-refractivity contribution in [2.24, 2.45) is 0 Å². The third-order valence-corrected chi connectivity index (χ3v) is 2.97. The molecular weight excluding hydrogens is 243 g/mol. The number of hydrogen-bond donors (Lipinski definition) is 1. The Morgan fingerprint density at radius 1 is 1.32 bits per heavy atom. The van der Waals surface area contributed by atoms with E-state index in [1.165, 1.54) is 6.07 Å². The van der Waals surface area contributed by atoms with Gasteiger partial charge in [0.1, 0.15) is 5.82 Å². The van der Waals surface area contributed by atoms with Crippen molar-refractivity contribution in [3.8, 4) is 0 Å². The molecule has 2 rings (SSSR count). The Bertz CT molecular complexity index is 584. The molecule has 1 unspecified atom stereocenters. The summed E-state index contributed by atoms with van der Waals surface area (Å²) in [6.07, 6.45) is 3.34. The monoisotopic (exact) mass is 258 g/mol. The first kappa shape index (κ1) is 13.2. The zero-order valence-electron chi connectivity index (χ0n) is 10.9. The molecule has 2 aromatic rings. The number of halogens is 1. The summed E-state index contributed by atoms with van der Waals surface area (Å²) < 4.78 is 13.8. The summed E-state index contributed by atoms with van der Waals surface area (Å²) in [5, 5.41) is 2.76. The van der Waals surface area contributed by atoms with Gasteiger partial charge in [-0.25, -0.2) is 4.39 Å². The Morgan fingerprint density at radius 2 is 2.11 bits per heavy atom. The van der Waals surface area contributed by atoms with Gasteiger partial charge in [-0.3, -0.25) is 9.78 Å². The molecule has 1 amide bonds. The summed E-state index contributed by atoms with van der Waals surface area (Å²) in [6, 6.07) is 8.23. The van der Waals surface area contributed by atoms with Crippen molar-refractivity contribution in [1.29, 1.82) is 0 Å². The van der Waals surface area contributed by atoms with Crippen molar-refractivity contribution in [3.63, 3.8) is 0 Å². The van der Waals surface area contributed by atoms with E-state index in [0.29, 0.717) is 5.56 Å². The summed E-state index contributed by atoms with van der Waals surface area (Å²) in [5.74, 6) is -0.893. The lowest BCUT2D eigenvalue weighted by atomic mass is 10.1. The number of aromatic nitrogens is 1. The van der Waals surface area contributed by atoms with Crippen LogP contribution in [0.5, 0.6) is 0 Å². The van der Waals surface area contributed by atoms with Gasteiger partial charge in [0.25, 0.3) is 5.91 Å². The van der Waals surface area contributed by atoms with Crippen LogP contribution in [0.3, 0.4) is 0 Å². The van der Waals surface area contributed by atoms with Gasteiger partial charge < -0.3 is 5.32 Å². The van der Waals surface area contributed by atoms with Gasteiger partial charge in [-0.2, -0.15) is 0 Å². The first-order valence-electron chi connectivity index (χ1n) is 6.05. The topological polar surface area (TPSA) is 42.0 Å². The lowest BCUT2D eigenvalue weighted by Gasteiger charge is -2.14. The number of hydrogen-bond acceptors (Lipinski definition) is 2. The zero-order chi connectivity index (χ0) is 13.8. The molecule has 98 valence electrons. The van der Waals surface area contributed by atoms with Gasteiger partial charge in [-0.15, -0.1) is 0 Å². The van der Waals surface area contributed by atoms with Crippen LogP contribution < -0.4 is 5.32 Å². The molecule has 0 aliphatic carbocycles. The number of pyridine rings is 1. The molecule has 0 aliphatic rings. The van der Waals surface area contributed by atoms with E-state index in [0.717, 1.165) is 5.56 Å². The van der Waals surface area contributed by atoms with Crippen LogP contribution in [0.25, 0.3) is 0 Å². The normalized spacial score (nSPS) is 11.9. The molecule has 0 fully saturated rings. The van der Waals surface area contributed by atoms with Crippen LogP contribution in [0.1, 0.15) is 34.5 Å². The van der Waals surface area contributed by atoms with Crippen LogP contribution in [0.15, 0.2) is 42.7 Å². The van der Waals surface area contributed by atoms with Crippen LogP contribution >= 0.6 is 0 Å². The highest BCUT2D eigenvalue weighted by molar-refractivity contribution is 5.94. The minimum absolute atomic E-state index is 0.0655. The Balaban J connectivity index is 2.16. The molecule has 0 aliphatic heterocycles. The number of benzene rings is 1. The van der Waals surface area contributed by atoms with Crippen molar-refractivity contribution in [2.45, 2.75) is 19.9 Å². The molecule has 1 atom stereocenters. The lowest BCUT2D eigenvalue weighted by molar-refractivity contribution is 0.0935. The highest BCUT2D eigenvalue weighted by Gasteiger charge is 2.15. The molecule has 0 bridgehead atoms. The predicted octanol–water partition coefficient (Wildman–Crippen LogP) is 3.02. The fraction of sp³-hybridized carbons (Fsp3) is 0.200. The van der Waals surface area contributed by atoms with Gasteiger partial charge in [0.2, 0.25) is 0 Å². The van der Waals surface area contributed by atoms with E-state index in [2.05, 4.69) is 10.3 Å². The first-order chi connectivity index (χ1) is 9.09. The first-order valence-corrected chi connectivity index (χ1v) is 6.05. The van der Waals surface area contributed by atoms with Gasteiger partial charge in [-0.05, 0) is 37.1 Å². The molecule has 19 heavy (non-hydrogen) atoms. The lowest BCUT2D eigenvalue weighted by Crippen LogP contribution is -2.27. The highest BCUT2D eigenvalue weighted by Crippen LogP contribution is 2.15. The Labute approximate surface area is 111 Å². The van der Waals surface area contributed by atoms with E-state index in [-0.39, 0.29) is 11.6 Å². The fourth-order valence-corrected chi connectivity index (χ4v) is 1.81. The average molecular weight is 258 g/mol. The van der Waals surface area contributed by atoms with Crippen LogP contribution in [0.4, 0.5) is 4.39 Å². The van der Waals surface area contributed by atoms with Gasteiger partial charge in [0, 0.05) is 12.4 Å². The van der Waals surface area contributed by atoms with Crippen molar-refractivity contribution in [3.05, 3.63) is 65.2 Å². The highest BCUT2D eigenvalue weighted by atomic mass is 19.1. The third-order valence-electron chi connectivity index (χ3n) is 2.97. The van der Waals surface area contributed by atoms with E-state index in [1.54, 1.807) is 37.5 Å². The van der Waals surface area contributed by atoms with Gasteiger partial charge >= 0.3 is 0 Å². The number of carbonyl (C=O) groups is 1. The van der Waals surface area contributed by atoms with E-state index >= 15 is 0 Å². The maximum atomic E-state index is 13.8. The largest absolute Gasteiger partial charge is 0.345 e. The van der Waals surface area contributed by atoms with Gasteiger partial charge in [0.05, 0.1) is 11.6 Å². The number of aryl methyl sites for hydroxylation is 1. The van der Waals surface area contributed by atoms with E-state index in [9.17, 15) is 9.18 Å². The minimum Gasteiger partial charge on any atom is -0.345 e. The number of amides is 1. The summed E-state index contributed by atoms with van der Waals surface area (Å²) in [5.41, 5.74) is 1.40. The number of rotatable bonds is 3. The molecule has 0 saturated heterocycles. The average Bonchev–Trinajstić information content (AvgIpc) is 2.42. The standard InChI is InChI=1S/C15H15FN2O/c1-10-5-3-7-13(14(10)16)15(19)18-11(2)12-6-4-8-17-9-12/h3-9,11H,1-2H3,(H,18,19). The van der Waals surface area contributed by atoms with Crippen LogP contribution in [0, 0.1) is 12.7 Å². The molecule has 1 N–H and O–H groups in total. The number of nitrogens with zero attached hydrogens (tertiary/aromatic N) is 1. The predicted molar refractivity (Wildman–Crippen MR) is 71.3 cm³/mol. The summed E-state index contributed by atoms with van der Waals surface area (Å²) in [6.45, 7) is 3.47. The van der Waals surface area contributed by atoms with Crippen LogP contribution in [-0.2, 0) is 0 Å². The molecule has 3 nitrogen and oxygen atoms in total. The Hall–Kier alpha value is -2.23. The Morgan fingerprint density at radius 3 is 2.79 bits per heavy atom. The molecule has 1 aromatic carbocycles. The summed E-state index contributed by atoms with van der Waals surface area (Å²) in [4.78, 5) is 16.0. The maximum absolute atomic E-state index is 13.8. The van der Waals surface area contributed by atoms with Crippen LogP contribution in [-0.4, -0.2) is 10.9 Å². The van der Waals surface area contributed by atoms with Crippen molar-refractivity contribution in [1.82, 2.24) is 10.3 Å². The molecular formula is C15H15FN2O. The van der Waals surface area contributed by atoms with Crippen LogP contribution in [0.2, 0.25) is 0 Å². The zero-order valence-corrected chi connectivity index (χ0v) is 10.9. The van der Waals surface area contributed by atoms with E-state index in [4.69, 9.17) is 0 Å². The van der Waals surface area contributed by atoms with E-state index < -0.39 is 11.7 Å². The number of nitrogens with one attached hydrogen (secondary N) is 1. The molecule has 0 saturated carbocycles. The third kappa shape index (κ3) is 2.96. The SMILES string of the molecule is Cc1cccc(C(=O)NC(C)c2cccnc2)c1F. The molecule has 0 radical (unpaired) electrons. The number of carbonyl (C=O) groups excluding carboxylic acids is 1. The van der Waals surface area contributed by atoms with Crippen molar-refractivity contribution < 1.29 is 9.18 Å².